The standard InChI is InChI=1S/C14H20N2.C9H14N2.C7H9FN2/c1-12(14-9-6-10-16(14)2)15-11-13-7-4-3-5-8-13;1-4-6-11-8-10(5-2)7-9(11)3;8-6-4-2-1-3-5(6)7(9)10/h3-5,7-8,14-15H,1,6,9-11H2,2H3;4-5H,1-3,6-8H2;1-4,7H,9-10H2. The summed E-state index contributed by atoms with van der Waals surface area (Å²) in [5.41, 5.74) is 14.5. The summed E-state index contributed by atoms with van der Waals surface area (Å²) in [6.45, 7) is 20.2. The number of likely N-dealkylation sites (tertiary alicyclic amines) is 1. The molecule has 7 heteroatoms. The number of nitrogens with zero attached hydrogens (tertiary/aromatic N) is 3. The number of benzene rings is 2. The maximum Gasteiger partial charge on any atom is 0.129 e. The molecule has 0 spiro atoms. The molecule has 2 aliphatic rings. The van der Waals surface area contributed by atoms with Gasteiger partial charge in [-0.05, 0) is 44.3 Å². The largest absolute Gasteiger partial charge is 0.383 e. The SMILES string of the molecule is C=C(NCc1ccccc1)C1CCCN1C.C=CCN1CN(C=C)CC1=C.NC(N)c1ccccc1F. The maximum atomic E-state index is 12.7. The Kier molecular flexibility index (Phi) is 12.6. The van der Waals surface area contributed by atoms with Crippen LogP contribution in [-0.2, 0) is 6.54 Å². The molecule has 0 bridgehead atoms. The fourth-order valence-corrected chi connectivity index (χ4v) is 4.19. The molecule has 6 nitrogen and oxygen atoms in total. The van der Waals surface area contributed by atoms with Crippen molar-refractivity contribution in [3.05, 3.63) is 122 Å². The number of halogens is 1. The molecule has 4 rings (SSSR count). The molecule has 0 saturated carbocycles. The molecule has 2 aromatic rings. The topological polar surface area (TPSA) is 73.8 Å². The normalized spacial score (nSPS) is 17.0. The van der Waals surface area contributed by atoms with Crippen molar-refractivity contribution in [3.63, 3.8) is 0 Å². The van der Waals surface area contributed by atoms with E-state index in [1.807, 2.05) is 18.3 Å². The van der Waals surface area contributed by atoms with Gasteiger partial charge in [-0.3, -0.25) is 4.90 Å². The van der Waals surface area contributed by atoms with E-state index in [9.17, 15) is 4.39 Å². The van der Waals surface area contributed by atoms with Crippen LogP contribution in [0.1, 0.15) is 30.1 Å². The number of hydrogen-bond donors (Lipinski definition) is 3. The van der Waals surface area contributed by atoms with Crippen LogP contribution in [0.3, 0.4) is 0 Å². The van der Waals surface area contributed by atoms with Crippen LogP contribution in [0.4, 0.5) is 4.39 Å². The molecule has 0 aromatic heterocycles. The van der Waals surface area contributed by atoms with Crippen molar-refractivity contribution >= 4 is 0 Å². The third kappa shape index (κ3) is 9.88. The Morgan fingerprint density at radius 2 is 1.81 bits per heavy atom. The zero-order valence-electron chi connectivity index (χ0n) is 22.2. The molecular weight excluding hydrogens is 463 g/mol. The number of hydrogen-bond acceptors (Lipinski definition) is 6. The van der Waals surface area contributed by atoms with Crippen molar-refractivity contribution in [2.24, 2.45) is 11.5 Å². The lowest BCUT2D eigenvalue weighted by molar-refractivity contribution is 0.334. The second kappa shape index (κ2) is 15.7. The average Bonchev–Trinajstić information content (AvgIpc) is 3.49. The molecule has 37 heavy (non-hydrogen) atoms. The van der Waals surface area contributed by atoms with Gasteiger partial charge in [-0.2, -0.15) is 0 Å². The van der Waals surface area contributed by atoms with Gasteiger partial charge >= 0.3 is 0 Å². The lowest BCUT2D eigenvalue weighted by Gasteiger charge is -2.22. The molecule has 1 unspecified atom stereocenters. The number of nitrogens with two attached hydrogens (primary N) is 2. The summed E-state index contributed by atoms with van der Waals surface area (Å²) in [6.07, 6.45) is 5.53. The molecule has 2 fully saturated rings. The first-order valence-corrected chi connectivity index (χ1v) is 12.6. The van der Waals surface area contributed by atoms with E-state index in [0.29, 0.717) is 11.6 Å². The monoisotopic (exact) mass is 506 g/mol. The fourth-order valence-electron chi connectivity index (χ4n) is 4.19. The smallest absolute Gasteiger partial charge is 0.129 e. The minimum atomic E-state index is -0.721. The molecule has 2 aliphatic heterocycles. The van der Waals surface area contributed by atoms with E-state index in [2.05, 4.69) is 77.6 Å². The van der Waals surface area contributed by atoms with E-state index in [1.165, 1.54) is 31.0 Å². The Bertz CT molecular complexity index is 1010. The van der Waals surface area contributed by atoms with E-state index in [0.717, 1.165) is 37.7 Å². The quantitative estimate of drug-likeness (QED) is 0.361. The summed E-state index contributed by atoms with van der Waals surface area (Å²) in [5, 5.41) is 3.44. The Balaban J connectivity index is 0.000000203. The van der Waals surface area contributed by atoms with Crippen molar-refractivity contribution in [1.29, 1.82) is 0 Å². The van der Waals surface area contributed by atoms with Crippen molar-refractivity contribution in [1.82, 2.24) is 20.0 Å². The minimum absolute atomic E-state index is 0.350. The zero-order chi connectivity index (χ0) is 27.2. The molecule has 0 aliphatic carbocycles. The summed E-state index contributed by atoms with van der Waals surface area (Å²) < 4.78 is 12.7. The fraction of sp³-hybridized carbons (Fsp3) is 0.333. The van der Waals surface area contributed by atoms with Gasteiger partial charge in [0.05, 0.1) is 19.4 Å². The highest BCUT2D eigenvalue weighted by Crippen LogP contribution is 2.19. The van der Waals surface area contributed by atoms with Gasteiger partial charge in [0.2, 0.25) is 0 Å². The van der Waals surface area contributed by atoms with Crippen molar-refractivity contribution < 1.29 is 4.39 Å². The molecular formula is C30H43FN6. The summed E-state index contributed by atoms with van der Waals surface area (Å²) in [4.78, 5) is 6.67. The predicted octanol–water partition coefficient (Wildman–Crippen LogP) is 4.53. The Morgan fingerprint density at radius 1 is 1.14 bits per heavy atom. The molecule has 0 radical (unpaired) electrons. The highest BCUT2D eigenvalue weighted by Gasteiger charge is 2.23. The van der Waals surface area contributed by atoms with E-state index in [-0.39, 0.29) is 5.82 Å². The van der Waals surface area contributed by atoms with Crippen molar-refractivity contribution in [2.45, 2.75) is 31.6 Å². The van der Waals surface area contributed by atoms with Gasteiger partial charge in [-0.1, -0.05) is 74.3 Å². The molecule has 5 N–H and O–H groups in total. The number of rotatable bonds is 8. The van der Waals surface area contributed by atoms with Crippen molar-refractivity contribution in [3.8, 4) is 0 Å². The van der Waals surface area contributed by atoms with Crippen LogP contribution in [0.5, 0.6) is 0 Å². The van der Waals surface area contributed by atoms with Crippen LogP contribution < -0.4 is 16.8 Å². The lowest BCUT2D eigenvalue weighted by Crippen LogP contribution is -2.32. The summed E-state index contributed by atoms with van der Waals surface area (Å²) in [6, 6.07) is 17.2. The van der Waals surface area contributed by atoms with Crippen LogP contribution in [-0.4, -0.2) is 54.1 Å². The zero-order valence-corrected chi connectivity index (χ0v) is 22.2. The van der Waals surface area contributed by atoms with Gasteiger partial charge in [0.1, 0.15) is 5.82 Å². The van der Waals surface area contributed by atoms with Gasteiger partial charge < -0.3 is 26.6 Å². The van der Waals surface area contributed by atoms with E-state index < -0.39 is 6.17 Å². The van der Waals surface area contributed by atoms with Crippen LogP contribution in [0.15, 0.2) is 105 Å². The Morgan fingerprint density at radius 3 is 2.32 bits per heavy atom. The Labute approximate surface area is 222 Å². The second-order valence-electron chi connectivity index (χ2n) is 9.20. The van der Waals surface area contributed by atoms with Crippen LogP contribution >= 0.6 is 0 Å². The summed E-state index contributed by atoms with van der Waals surface area (Å²) in [7, 11) is 2.17. The molecule has 200 valence electrons. The first-order chi connectivity index (χ1) is 17.8. The van der Waals surface area contributed by atoms with E-state index in [1.54, 1.807) is 18.2 Å². The predicted molar refractivity (Wildman–Crippen MR) is 153 cm³/mol. The lowest BCUT2D eigenvalue weighted by atomic mass is 10.1. The summed E-state index contributed by atoms with van der Waals surface area (Å²) in [5.74, 6) is -0.350. The molecule has 2 aromatic carbocycles. The highest BCUT2D eigenvalue weighted by molar-refractivity contribution is 5.19. The first-order valence-electron chi connectivity index (χ1n) is 12.6. The molecule has 2 saturated heterocycles. The van der Waals surface area contributed by atoms with Gasteiger partial charge in [-0.25, -0.2) is 4.39 Å². The average molecular weight is 507 g/mol. The van der Waals surface area contributed by atoms with Gasteiger partial charge in [0, 0.05) is 36.1 Å². The van der Waals surface area contributed by atoms with E-state index >= 15 is 0 Å². The molecule has 1 atom stereocenters. The van der Waals surface area contributed by atoms with Gasteiger partial charge in [-0.15, -0.1) is 6.58 Å². The van der Waals surface area contributed by atoms with Crippen LogP contribution in [0.25, 0.3) is 0 Å². The molecule has 0 amide bonds. The van der Waals surface area contributed by atoms with Crippen molar-refractivity contribution in [2.75, 3.05) is 33.4 Å². The van der Waals surface area contributed by atoms with Gasteiger partial charge in [0.25, 0.3) is 0 Å². The Hall–Kier alpha value is -3.39. The third-order valence-electron chi connectivity index (χ3n) is 6.34. The van der Waals surface area contributed by atoms with Gasteiger partial charge in [0.15, 0.2) is 0 Å². The number of nitrogens with one attached hydrogen (secondary N) is 1. The third-order valence-corrected chi connectivity index (χ3v) is 6.34. The maximum absolute atomic E-state index is 12.7. The summed E-state index contributed by atoms with van der Waals surface area (Å²) >= 11 is 0. The minimum Gasteiger partial charge on any atom is -0.383 e. The van der Waals surface area contributed by atoms with Crippen LogP contribution in [0.2, 0.25) is 0 Å². The van der Waals surface area contributed by atoms with E-state index in [4.69, 9.17) is 11.5 Å². The number of likely N-dealkylation sites (N-methyl/N-ethyl adjacent to an activating group) is 1. The highest BCUT2D eigenvalue weighted by atomic mass is 19.1. The second-order valence-corrected chi connectivity index (χ2v) is 9.20. The van der Waals surface area contributed by atoms with Crippen LogP contribution in [0, 0.1) is 5.82 Å². The first kappa shape index (κ1) is 29.8. The molecule has 2 heterocycles.